The van der Waals surface area contributed by atoms with Gasteiger partial charge < -0.3 is 4.90 Å². The van der Waals surface area contributed by atoms with Gasteiger partial charge in [-0.2, -0.15) is 0 Å². The molecule has 0 spiro atoms. The Bertz CT molecular complexity index is 194. The van der Waals surface area contributed by atoms with E-state index < -0.39 is 0 Å². The highest BCUT2D eigenvalue weighted by Gasteiger charge is 2.36. The number of halogens is 1. The number of hydrogen-bond donors (Lipinski definition) is 0. The minimum Gasteiger partial charge on any atom is -0.338 e. The molecule has 1 rings (SSSR count). The van der Waals surface area contributed by atoms with Crippen molar-refractivity contribution < 1.29 is 4.79 Å². The van der Waals surface area contributed by atoms with E-state index in [-0.39, 0.29) is 11.3 Å². The van der Waals surface area contributed by atoms with E-state index in [9.17, 15) is 4.79 Å². The Morgan fingerprint density at radius 2 is 2.00 bits per heavy atom. The second-order valence-corrected chi connectivity index (χ2v) is 5.46. The van der Waals surface area contributed by atoms with E-state index in [4.69, 9.17) is 0 Å². The molecule has 2 nitrogen and oxygen atoms in total. The normalized spacial score (nSPS) is 17.2. The van der Waals surface area contributed by atoms with Crippen LogP contribution in [0.3, 0.4) is 0 Å². The fraction of sp³-hybridized carbons (Fsp3) is 0.900. The van der Waals surface area contributed by atoms with Crippen molar-refractivity contribution in [1.82, 2.24) is 4.90 Å². The number of nitrogens with zero attached hydrogens (tertiary/aromatic N) is 1. The molecule has 0 aromatic rings. The van der Waals surface area contributed by atoms with Crippen LogP contribution in [0.4, 0.5) is 0 Å². The van der Waals surface area contributed by atoms with Crippen LogP contribution in [0.15, 0.2) is 0 Å². The lowest BCUT2D eigenvalue weighted by Gasteiger charge is -2.29. The monoisotopic (exact) mass is 247 g/mol. The highest BCUT2D eigenvalue weighted by Crippen LogP contribution is 2.30. The van der Waals surface area contributed by atoms with Gasteiger partial charge in [0, 0.05) is 23.3 Å². The van der Waals surface area contributed by atoms with Crippen LogP contribution in [0.1, 0.15) is 33.6 Å². The fourth-order valence-electron chi connectivity index (χ4n) is 1.36. The van der Waals surface area contributed by atoms with Gasteiger partial charge >= 0.3 is 0 Å². The summed E-state index contributed by atoms with van der Waals surface area (Å²) >= 11 is 3.39. The highest BCUT2D eigenvalue weighted by atomic mass is 79.9. The number of hydrogen-bond acceptors (Lipinski definition) is 1. The number of rotatable bonds is 3. The summed E-state index contributed by atoms with van der Waals surface area (Å²) in [5.74, 6) is 0.287. The van der Waals surface area contributed by atoms with Crippen molar-refractivity contribution in [3.63, 3.8) is 0 Å². The molecule has 0 saturated heterocycles. The molecule has 1 aliphatic carbocycles. The van der Waals surface area contributed by atoms with Crippen molar-refractivity contribution in [3.8, 4) is 0 Å². The average Bonchev–Trinajstić information content (AvgIpc) is 2.79. The molecular weight excluding hydrogens is 230 g/mol. The van der Waals surface area contributed by atoms with Crippen molar-refractivity contribution >= 4 is 21.8 Å². The van der Waals surface area contributed by atoms with Crippen LogP contribution in [-0.2, 0) is 4.79 Å². The van der Waals surface area contributed by atoms with Crippen LogP contribution in [0, 0.1) is 5.41 Å². The predicted molar refractivity (Wildman–Crippen MR) is 58.0 cm³/mol. The van der Waals surface area contributed by atoms with Crippen molar-refractivity contribution in [2.45, 2.75) is 39.7 Å². The first-order valence-electron chi connectivity index (χ1n) is 4.84. The van der Waals surface area contributed by atoms with E-state index in [1.54, 1.807) is 0 Å². The number of carbonyl (C=O) groups is 1. The minimum absolute atomic E-state index is 0.231. The molecule has 0 radical (unpaired) electrons. The fourth-order valence-corrected chi connectivity index (χ4v) is 1.74. The molecule has 1 aliphatic rings. The number of alkyl halides is 1. The highest BCUT2D eigenvalue weighted by molar-refractivity contribution is 9.09. The summed E-state index contributed by atoms with van der Waals surface area (Å²) in [5.41, 5.74) is -0.231. The lowest BCUT2D eigenvalue weighted by atomic mass is 9.94. The van der Waals surface area contributed by atoms with Crippen LogP contribution in [0.5, 0.6) is 0 Å². The van der Waals surface area contributed by atoms with Crippen LogP contribution in [0.25, 0.3) is 0 Å². The maximum atomic E-state index is 11.9. The van der Waals surface area contributed by atoms with Gasteiger partial charge in [-0.15, -0.1) is 0 Å². The SMILES string of the molecule is CC(C)(C)C(=O)N(CCBr)C1CC1. The van der Waals surface area contributed by atoms with Gasteiger partial charge in [0.1, 0.15) is 0 Å². The second kappa shape index (κ2) is 3.99. The molecule has 76 valence electrons. The lowest BCUT2D eigenvalue weighted by Crippen LogP contribution is -2.41. The number of amides is 1. The molecule has 3 heteroatoms. The van der Waals surface area contributed by atoms with Crippen molar-refractivity contribution in [2.75, 3.05) is 11.9 Å². The zero-order valence-electron chi connectivity index (χ0n) is 8.64. The topological polar surface area (TPSA) is 20.3 Å². The molecule has 1 amide bonds. The van der Waals surface area contributed by atoms with Gasteiger partial charge in [0.15, 0.2) is 0 Å². The van der Waals surface area contributed by atoms with E-state index in [0.29, 0.717) is 6.04 Å². The Labute approximate surface area is 88.8 Å². The quantitative estimate of drug-likeness (QED) is 0.702. The third-order valence-corrected chi connectivity index (χ3v) is 2.57. The van der Waals surface area contributed by atoms with Gasteiger partial charge in [0.05, 0.1) is 0 Å². The zero-order chi connectivity index (χ0) is 10.1. The van der Waals surface area contributed by atoms with Crippen LogP contribution in [-0.4, -0.2) is 28.7 Å². The predicted octanol–water partition coefficient (Wildman–Crippen LogP) is 2.42. The molecule has 0 aromatic heterocycles. The van der Waals surface area contributed by atoms with Gasteiger partial charge in [-0.3, -0.25) is 4.79 Å². The van der Waals surface area contributed by atoms with Crippen molar-refractivity contribution in [2.24, 2.45) is 5.41 Å². The van der Waals surface area contributed by atoms with Crippen molar-refractivity contribution in [1.29, 1.82) is 0 Å². The molecule has 0 aliphatic heterocycles. The zero-order valence-corrected chi connectivity index (χ0v) is 10.2. The summed E-state index contributed by atoms with van der Waals surface area (Å²) in [7, 11) is 0. The van der Waals surface area contributed by atoms with Gasteiger partial charge in [0.2, 0.25) is 5.91 Å². The maximum absolute atomic E-state index is 11.9. The first-order valence-corrected chi connectivity index (χ1v) is 5.96. The molecule has 0 heterocycles. The molecule has 1 saturated carbocycles. The molecule has 13 heavy (non-hydrogen) atoms. The van der Waals surface area contributed by atoms with E-state index in [0.717, 1.165) is 11.9 Å². The van der Waals surface area contributed by atoms with Gasteiger partial charge in [0.25, 0.3) is 0 Å². The smallest absolute Gasteiger partial charge is 0.228 e. The largest absolute Gasteiger partial charge is 0.338 e. The van der Waals surface area contributed by atoms with E-state index in [1.807, 2.05) is 25.7 Å². The summed E-state index contributed by atoms with van der Waals surface area (Å²) in [6.07, 6.45) is 2.38. The standard InChI is InChI=1S/C10H18BrNO/c1-10(2,3)9(13)12(7-6-11)8-4-5-8/h8H,4-7H2,1-3H3. The van der Waals surface area contributed by atoms with Crippen LogP contribution >= 0.6 is 15.9 Å². The number of carbonyl (C=O) groups excluding carboxylic acids is 1. The first kappa shape index (κ1) is 11.0. The minimum atomic E-state index is -0.231. The summed E-state index contributed by atoms with van der Waals surface area (Å²) in [5, 5.41) is 0.880. The molecule has 0 bridgehead atoms. The molecule has 0 aromatic carbocycles. The average molecular weight is 248 g/mol. The first-order chi connectivity index (χ1) is 5.96. The summed E-state index contributed by atoms with van der Waals surface area (Å²) in [4.78, 5) is 14.0. The Hall–Kier alpha value is -0.0500. The Kier molecular flexibility index (Phi) is 3.38. The third-order valence-electron chi connectivity index (χ3n) is 2.22. The molecule has 0 N–H and O–H groups in total. The van der Waals surface area contributed by atoms with Gasteiger partial charge in [-0.25, -0.2) is 0 Å². The molecular formula is C10H18BrNO. The molecule has 1 fully saturated rings. The van der Waals surface area contributed by atoms with E-state index in [2.05, 4.69) is 15.9 Å². The third kappa shape index (κ3) is 2.97. The Morgan fingerprint density at radius 1 is 1.46 bits per heavy atom. The molecule has 0 unspecified atom stereocenters. The van der Waals surface area contributed by atoms with Gasteiger partial charge in [-0.05, 0) is 12.8 Å². The van der Waals surface area contributed by atoms with E-state index in [1.165, 1.54) is 12.8 Å². The lowest BCUT2D eigenvalue weighted by molar-refractivity contribution is -0.139. The van der Waals surface area contributed by atoms with Crippen molar-refractivity contribution in [3.05, 3.63) is 0 Å². The second-order valence-electron chi connectivity index (χ2n) is 4.67. The Balaban J connectivity index is 2.58. The summed E-state index contributed by atoms with van der Waals surface area (Å²) in [6.45, 7) is 6.80. The molecule has 0 atom stereocenters. The van der Waals surface area contributed by atoms with Crippen LogP contribution in [0.2, 0.25) is 0 Å². The maximum Gasteiger partial charge on any atom is 0.228 e. The summed E-state index contributed by atoms with van der Waals surface area (Å²) < 4.78 is 0. The Morgan fingerprint density at radius 3 is 2.31 bits per heavy atom. The summed E-state index contributed by atoms with van der Waals surface area (Å²) in [6, 6.07) is 0.532. The van der Waals surface area contributed by atoms with E-state index >= 15 is 0 Å². The van der Waals surface area contributed by atoms with Gasteiger partial charge in [-0.1, -0.05) is 36.7 Å². The van der Waals surface area contributed by atoms with Crippen LogP contribution < -0.4 is 0 Å².